The Balaban J connectivity index is 2.61. The molecule has 0 heterocycles. The van der Waals surface area contributed by atoms with Gasteiger partial charge < -0.3 is 5.32 Å². The van der Waals surface area contributed by atoms with E-state index in [4.69, 9.17) is 0 Å². The van der Waals surface area contributed by atoms with Crippen molar-refractivity contribution in [1.82, 2.24) is 5.32 Å². The van der Waals surface area contributed by atoms with Gasteiger partial charge in [0.05, 0.1) is 5.56 Å². The van der Waals surface area contributed by atoms with Gasteiger partial charge in [-0.1, -0.05) is 37.6 Å². The Labute approximate surface area is 112 Å². The number of nitrogens with one attached hydrogen (secondary N) is 1. The van der Waals surface area contributed by atoms with E-state index in [-0.39, 0.29) is 0 Å². The Kier molecular flexibility index (Phi) is 5.60. The van der Waals surface area contributed by atoms with Crippen LogP contribution in [0.1, 0.15) is 31.9 Å². The maximum absolute atomic E-state index is 12.4. The Morgan fingerprint density at radius 3 is 2.26 bits per heavy atom. The zero-order valence-corrected chi connectivity index (χ0v) is 11.5. The fourth-order valence-corrected chi connectivity index (χ4v) is 1.66. The highest BCUT2D eigenvalue weighted by Gasteiger charge is 2.29. The molecule has 4 heteroatoms. The van der Waals surface area contributed by atoms with E-state index in [1.165, 1.54) is 12.1 Å². The number of hydrogen-bond donors (Lipinski definition) is 1. The van der Waals surface area contributed by atoms with Crippen LogP contribution in [0, 0.1) is 5.92 Å². The van der Waals surface area contributed by atoms with E-state index in [1.807, 2.05) is 13.0 Å². The van der Waals surface area contributed by atoms with Gasteiger partial charge >= 0.3 is 6.18 Å². The molecule has 0 saturated carbocycles. The third-order valence-corrected chi connectivity index (χ3v) is 2.61. The Morgan fingerprint density at radius 2 is 1.79 bits per heavy atom. The number of hydrogen-bond acceptors (Lipinski definition) is 1. The number of rotatable bonds is 5. The van der Waals surface area contributed by atoms with Gasteiger partial charge in [0.15, 0.2) is 0 Å². The first-order valence-corrected chi connectivity index (χ1v) is 6.34. The van der Waals surface area contributed by atoms with Crippen LogP contribution in [0.3, 0.4) is 0 Å². The molecule has 0 aliphatic rings. The molecule has 0 saturated heterocycles. The van der Waals surface area contributed by atoms with Crippen molar-refractivity contribution in [2.75, 3.05) is 13.1 Å². The largest absolute Gasteiger partial charge is 0.416 e. The standard InChI is InChI=1S/C15H20F3N/c1-11(2)9-19-10-12(3)8-13-4-6-14(7-5-13)15(16,17)18/h4-8,11,19H,9-10H2,1-3H3. The minimum absolute atomic E-state index is 0.582. The highest BCUT2D eigenvalue weighted by atomic mass is 19.4. The number of benzene rings is 1. The van der Waals surface area contributed by atoms with Crippen LogP contribution in [0.2, 0.25) is 0 Å². The first kappa shape index (κ1) is 15.8. The molecular formula is C15H20F3N. The summed E-state index contributed by atoms with van der Waals surface area (Å²) in [6.07, 6.45) is -2.37. The van der Waals surface area contributed by atoms with Gasteiger partial charge in [-0.2, -0.15) is 13.2 Å². The highest BCUT2D eigenvalue weighted by Crippen LogP contribution is 2.29. The molecule has 0 aliphatic carbocycles. The van der Waals surface area contributed by atoms with Gasteiger partial charge in [0.25, 0.3) is 0 Å². The van der Waals surface area contributed by atoms with Crippen molar-refractivity contribution in [3.8, 4) is 0 Å². The first-order valence-electron chi connectivity index (χ1n) is 6.34. The molecule has 0 spiro atoms. The smallest absolute Gasteiger partial charge is 0.313 e. The van der Waals surface area contributed by atoms with Crippen LogP contribution >= 0.6 is 0 Å². The van der Waals surface area contributed by atoms with Gasteiger partial charge in [-0.05, 0) is 37.1 Å². The zero-order chi connectivity index (χ0) is 14.5. The summed E-state index contributed by atoms with van der Waals surface area (Å²) >= 11 is 0. The maximum atomic E-state index is 12.4. The first-order chi connectivity index (χ1) is 8.79. The molecule has 1 rings (SSSR count). The van der Waals surface area contributed by atoms with E-state index in [2.05, 4.69) is 19.2 Å². The van der Waals surface area contributed by atoms with Crippen LogP contribution < -0.4 is 5.32 Å². The SMILES string of the molecule is CC(=Cc1ccc(C(F)(F)F)cc1)CNCC(C)C. The van der Waals surface area contributed by atoms with Gasteiger partial charge in [0.1, 0.15) is 0 Å². The van der Waals surface area contributed by atoms with Crippen LogP contribution in [0.5, 0.6) is 0 Å². The lowest BCUT2D eigenvalue weighted by molar-refractivity contribution is -0.137. The molecule has 1 aromatic rings. The van der Waals surface area contributed by atoms with E-state index < -0.39 is 11.7 Å². The highest BCUT2D eigenvalue weighted by molar-refractivity contribution is 5.53. The van der Waals surface area contributed by atoms with Crippen LogP contribution in [0.4, 0.5) is 13.2 Å². The molecule has 1 N–H and O–H groups in total. The van der Waals surface area contributed by atoms with Crippen molar-refractivity contribution in [3.63, 3.8) is 0 Å². The van der Waals surface area contributed by atoms with E-state index in [1.54, 1.807) is 0 Å². The fourth-order valence-electron chi connectivity index (χ4n) is 1.66. The van der Waals surface area contributed by atoms with Gasteiger partial charge in [-0.3, -0.25) is 0 Å². The predicted octanol–water partition coefficient (Wildman–Crippen LogP) is 4.35. The summed E-state index contributed by atoms with van der Waals surface area (Å²) in [5.41, 5.74) is 1.28. The molecule has 0 fully saturated rings. The third-order valence-electron chi connectivity index (χ3n) is 2.61. The number of halogens is 3. The summed E-state index contributed by atoms with van der Waals surface area (Å²) in [5, 5.41) is 3.29. The molecule has 0 aromatic heterocycles. The minimum Gasteiger partial charge on any atom is -0.313 e. The molecule has 1 nitrogen and oxygen atoms in total. The fraction of sp³-hybridized carbons (Fsp3) is 0.467. The summed E-state index contributed by atoms with van der Waals surface area (Å²) in [4.78, 5) is 0. The molecule has 0 unspecified atom stereocenters. The minimum atomic E-state index is -4.27. The lowest BCUT2D eigenvalue weighted by atomic mass is 10.1. The van der Waals surface area contributed by atoms with E-state index in [0.717, 1.165) is 36.4 Å². The van der Waals surface area contributed by atoms with Gasteiger partial charge in [-0.15, -0.1) is 0 Å². The average Bonchev–Trinajstić information content (AvgIpc) is 2.27. The van der Waals surface area contributed by atoms with Crippen LogP contribution in [0.25, 0.3) is 6.08 Å². The normalized spacial score (nSPS) is 13.1. The molecule has 1 aromatic carbocycles. The Bertz CT molecular complexity index is 416. The number of alkyl halides is 3. The molecule has 0 bridgehead atoms. The van der Waals surface area contributed by atoms with Crippen LogP contribution in [-0.4, -0.2) is 13.1 Å². The van der Waals surface area contributed by atoms with Gasteiger partial charge in [-0.25, -0.2) is 0 Å². The van der Waals surface area contributed by atoms with Gasteiger partial charge in [0, 0.05) is 6.54 Å². The summed E-state index contributed by atoms with van der Waals surface area (Å²) in [7, 11) is 0. The second kappa shape index (κ2) is 6.75. The molecule has 0 aliphatic heterocycles. The van der Waals surface area contributed by atoms with Crippen LogP contribution in [0.15, 0.2) is 29.8 Å². The summed E-state index contributed by atoms with van der Waals surface area (Å²) in [5.74, 6) is 0.582. The Hall–Kier alpha value is -1.29. The van der Waals surface area contributed by atoms with Crippen molar-refractivity contribution in [1.29, 1.82) is 0 Å². The maximum Gasteiger partial charge on any atom is 0.416 e. The monoisotopic (exact) mass is 271 g/mol. The second-order valence-corrected chi connectivity index (χ2v) is 5.14. The average molecular weight is 271 g/mol. The Morgan fingerprint density at radius 1 is 1.21 bits per heavy atom. The summed E-state index contributed by atoms with van der Waals surface area (Å²) < 4.78 is 37.2. The molecule has 19 heavy (non-hydrogen) atoms. The lowest BCUT2D eigenvalue weighted by Gasteiger charge is -2.08. The second-order valence-electron chi connectivity index (χ2n) is 5.14. The third kappa shape index (κ3) is 5.92. The van der Waals surface area contributed by atoms with E-state index in [9.17, 15) is 13.2 Å². The van der Waals surface area contributed by atoms with Crippen molar-refractivity contribution < 1.29 is 13.2 Å². The van der Waals surface area contributed by atoms with E-state index in [0.29, 0.717) is 5.92 Å². The van der Waals surface area contributed by atoms with Crippen molar-refractivity contribution in [2.45, 2.75) is 26.9 Å². The summed E-state index contributed by atoms with van der Waals surface area (Å²) in [6, 6.07) is 5.21. The summed E-state index contributed by atoms with van der Waals surface area (Å²) in [6.45, 7) is 7.90. The van der Waals surface area contributed by atoms with Crippen molar-refractivity contribution in [3.05, 3.63) is 41.0 Å². The lowest BCUT2D eigenvalue weighted by Crippen LogP contribution is -2.21. The topological polar surface area (TPSA) is 12.0 Å². The zero-order valence-electron chi connectivity index (χ0n) is 11.5. The molecule has 0 amide bonds. The van der Waals surface area contributed by atoms with Crippen LogP contribution in [-0.2, 0) is 6.18 Å². The molecular weight excluding hydrogens is 251 g/mol. The molecule has 106 valence electrons. The molecule has 0 atom stereocenters. The van der Waals surface area contributed by atoms with Crippen molar-refractivity contribution >= 4 is 6.08 Å². The predicted molar refractivity (Wildman–Crippen MR) is 72.8 cm³/mol. The van der Waals surface area contributed by atoms with E-state index >= 15 is 0 Å². The molecule has 0 radical (unpaired) electrons. The quantitative estimate of drug-likeness (QED) is 0.839. The van der Waals surface area contributed by atoms with Gasteiger partial charge in [0.2, 0.25) is 0 Å². The van der Waals surface area contributed by atoms with Crippen molar-refractivity contribution in [2.24, 2.45) is 5.92 Å².